The first-order chi connectivity index (χ1) is 8.41. The van der Waals surface area contributed by atoms with E-state index in [1.165, 1.54) is 0 Å². The monoisotopic (exact) mass is 264 g/mol. The number of rotatable bonds is 6. The summed E-state index contributed by atoms with van der Waals surface area (Å²) >= 11 is 0. The fourth-order valence-electron chi connectivity index (χ4n) is 3.36. The molecular weight excluding hydrogens is 236 g/mol. The molecule has 1 aromatic heterocycles. The fourth-order valence-corrected chi connectivity index (χ4v) is 9.07. The summed E-state index contributed by atoms with van der Waals surface area (Å²) < 4.78 is 0. The van der Waals surface area contributed by atoms with Gasteiger partial charge in [-0.05, 0) is 28.8 Å². The van der Waals surface area contributed by atoms with E-state index in [0.29, 0.717) is 0 Å². The van der Waals surface area contributed by atoms with Crippen molar-refractivity contribution >= 4 is 8.24 Å². The molecule has 0 radical (unpaired) electrons. The molecule has 1 N–H and O–H groups in total. The Morgan fingerprint density at radius 1 is 1.00 bits per heavy atom. The second-order valence-corrected chi connectivity index (χ2v) is 11.8. The van der Waals surface area contributed by atoms with Gasteiger partial charge in [0, 0.05) is 12.7 Å². The molecule has 0 bridgehead atoms. The summed E-state index contributed by atoms with van der Waals surface area (Å²) in [6.07, 6.45) is 1.88. The van der Waals surface area contributed by atoms with E-state index in [2.05, 4.69) is 63.6 Å². The standard InChI is InChI=1S/C15H28N2Si/c1-12(2)18(13(3)4,14(5)6)17-11-15-9-7-8-10-16-15/h7-10,12-14,17H,11H2,1-6H3. The number of aromatic nitrogens is 1. The quantitative estimate of drug-likeness (QED) is 0.773. The highest BCUT2D eigenvalue weighted by molar-refractivity contribution is 6.81. The maximum atomic E-state index is 4.42. The lowest BCUT2D eigenvalue weighted by molar-refractivity contribution is 0.720. The first kappa shape index (κ1) is 15.4. The minimum absolute atomic E-state index is 0.737. The van der Waals surface area contributed by atoms with Crippen LogP contribution >= 0.6 is 0 Å². The first-order valence-corrected chi connectivity index (χ1v) is 9.29. The minimum Gasteiger partial charge on any atom is -0.331 e. The van der Waals surface area contributed by atoms with Crippen LogP contribution in [0.4, 0.5) is 0 Å². The molecule has 1 rings (SSSR count). The van der Waals surface area contributed by atoms with Gasteiger partial charge in [-0.3, -0.25) is 4.98 Å². The van der Waals surface area contributed by atoms with Gasteiger partial charge < -0.3 is 4.98 Å². The molecule has 0 aliphatic carbocycles. The van der Waals surface area contributed by atoms with E-state index in [9.17, 15) is 0 Å². The summed E-state index contributed by atoms with van der Waals surface area (Å²) in [7, 11) is -1.50. The molecule has 0 saturated heterocycles. The van der Waals surface area contributed by atoms with Gasteiger partial charge in [0.15, 0.2) is 0 Å². The Morgan fingerprint density at radius 2 is 1.56 bits per heavy atom. The van der Waals surface area contributed by atoms with Crippen LogP contribution in [-0.4, -0.2) is 13.2 Å². The highest BCUT2D eigenvalue weighted by atomic mass is 28.3. The molecule has 2 nitrogen and oxygen atoms in total. The van der Waals surface area contributed by atoms with Crippen molar-refractivity contribution < 1.29 is 0 Å². The van der Waals surface area contributed by atoms with Crippen molar-refractivity contribution in [1.29, 1.82) is 0 Å². The number of nitrogens with zero attached hydrogens (tertiary/aromatic N) is 1. The van der Waals surface area contributed by atoms with Crippen LogP contribution in [0.1, 0.15) is 47.2 Å². The van der Waals surface area contributed by atoms with Crippen LogP contribution in [-0.2, 0) is 6.54 Å². The van der Waals surface area contributed by atoms with Crippen LogP contribution in [0.2, 0.25) is 16.6 Å². The molecule has 0 atom stereocenters. The van der Waals surface area contributed by atoms with Gasteiger partial charge in [0.05, 0.1) is 5.69 Å². The Hall–Kier alpha value is -0.673. The Kier molecular flexibility index (Phi) is 5.54. The number of nitrogens with one attached hydrogen (secondary N) is 1. The van der Waals surface area contributed by atoms with E-state index in [1.807, 2.05) is 12.3 Å². The second kappa shape index (κ2) is 6.48. The van der Waals surface area contributed by atoms with Gasteiger partial charge in [-0.1, -0.05) is 47.6 Å². The minimum atomic E-state index is -1.50. The second-order valence-electron chi connectivity index (χ2n) is 6.07. The largest absolute Gasteiger partial charge is 0.331 e. The molecule has 0 aliphatic rings. The van der Waals surface area contributed by atoms with Gasteiger partial charge in [-0.2, -0.15) is 0 Å². The SMILES string of the molecule is CC(C)[Si](NCc1ccccn1)(C(C)C)C(C)C. The van der Waals surface area contributed by atoms with Crippen molar-refractivity contribution in [2.75, 3.05) is 0 Å². The van der Waals surface area contributed by atoms with Gasteiger partial charge in [0.2, 0.25) is 0 Å². The molecule has 18 heavy (non-hydrogen) atoms. The van der Waals surface area contributed by atoms with Gasteiger partial charge in [0.1, 0.15) is 8.24 Å². The molecular formula is C15H28N2Si. The molecule has 0 unspecified atom stereocenters. The summed E-state index contributed by atoms with van der Waals surface area (Å²) in [5, 5.41) is 0. The van der Waals surface area contributed by atoms with Crippen molar-refractivity contribution in [2.24, 2.45) is 0 Å². The summed E-state index contributed by atoms with van der Waals surface area (Å²) in [6.45, 7) is 15.1. The zero-order valence-corrected chi connectivity index (χ0v) is 13.7. The van der Waals surface area contributed by atoms with Crippen LogP contribution in [0.25, 0.3) is 0 Å². The molecule has 3 heteroatoms. The van der Waals surface area contributed by atoms with E-state index >= 15 is 0 Å². The molecule has 1 aromatic rings. The number of hydrogen-bond donors (Lipinski definition) is 1. The lowest BCUT2D eigenvalue weighted by Crippen LogP contribution is -2.57. The van der Waals surface area contributed by atoms with Crippen molar-refractivity contribution in [2.45, 2.75) is 64.7 Å². The maximum Gasteiger partial charge on any atom is 0.133 e. The van der Waals surface area contributed by atoms with Crippen LogP contribution in [0.15, 0.2) is 24.4 Å². The lowest BCUT2D eigenvalue weighted by atomic mass is 10.4. The normalized spacial score (nSPS) is 12.7. The molecule has 0 spiro atoms. The third-order valence-electron chi connectivity index (χ3n) is 4.17. The highest BCUT2D eigenvalue weighted by Crippen LogP contribution is 2.39. The van der Waals surface area contributed by atoms with E-state index in [-0.39, 0.29) is 0 Å². The first-order valence-electron chi connectivity index (χ1n) is 7.06. The van der Waals surface area contributed by atoms with Gasteiger partial charge >= 0.3 is 0 Å². The molecule has 1 heterocycles. The Morgan fingerprint density at radius 3 is 1.94 bits per heavy atom. The molecule has 0 aromatic carbocycles. The summed E-state index contributed by atoms with van der Waals surface area (Å²) in [5.74, 6) is 0. The van der Waals surface area contributed by atoms with Crippen LogP contribution < -0.4 is 4.98 Å². The maximum absolute atomic E-state index is 4.42. The number of pyridine rings is 1. The Bertz CT molecular complexity index is 325. The van der Waals surface area contributed by atoms with Gasteiger partial charge in [0.25, 0.3) is 0 Å². The van der Waals surface area contributed by atoms with E-state index in [1.54, 1.807) is 0 Å². The smallest absolute Gasteiger partial charge is 0.133 e. The highest BCUT2D eigenvalue weighted by Gasteiger charge is 2.42. The zero-order chi connectivity index (χ0) is 13.8. The summed E-state index contributed by atoms with van der Waals surface area (Å²) in [6, 6.07) is 6.14. The van der Waals surface area contributed by atoms with Crippen molar-refractivity contribution in [3.63, 3.8) is 0 Å². The zero-order valence-electron chi connectivity index (χ0n) is 12.7. The van der Waals surface area contributed by atoms with Crippen LogP contribution in [0, 0.1) is 0 Å². The Balaban J connectivity index is 2.86. The van der Waals surface area contributed by atoms with Crippen LogP contribution in [0.3, 0.4) is 0 Å². The number of hydrogen-bond acceptors (Lipinski definition) is 2. The van der Waals surface area contributed by atoms with Crippen molar-refractivity contribution in [3.8, 4) is 0 Å². The topological polar surface area (TPSA) is 24.9 Å². The fraction of sp³-hybridized carbons (Fsp3) is 0.667. The van der Waals surface area contributed by atoms with E-state index in [0.717, 1.165) is 28.9 Å². The Labute approximate surface area is 113 Å². The van der Waals surface area contributed by atoms with Crippen molar-refractivity contribution in [1.82, 2.24) is 9.97 Å². The average Bonchev–Trinajstić information content (AvgIpc) is 2.29. The third-order valence-corrected chi connectivity index (χ3v) is 10.7. The average molecular weight is 264 g/mol. The molecule has 0 aliphatic heterocycles. The predicted molar refractivity (Wildman–Crippen MR) is 82.1 cm³/mol. The molecule has 0 saturated carbocycles. The molecule has 102 valence electrons. The lowest BCUT2D eigenvalue weighted by Gasteiger charge is -2.43. The van der Waals surface area contributed by atoms with E-state index in [4.69, 9.17) is 0 Å². The van der Waals surface area contributed by atoms with Crippen molar-refractivity contribution in [3.05, 3.63) is 30.1 Å². The summed E-state index contributed by atoms with van der Waals surface area (Å²) in [4.78, 5) is 8.34. The third kappa shape index (κ3) is 3.21. The molecule has 0 amide bonds. The van der Waals surface area contributed by atoms with Crippen LogP contribution in [0.5, 0.6) is 0 Å². The van der Waals surface area contributed by atoms with Gasteiger partial charge in [-0.25, -0.2) is 0 Å². The summed E-state index contributed by atoms with van der Waals surface area (Å²) in [5.41, 5.74) is 3.36. The molecule has 0 fully saturated rings. The predicted octanol–water partition coefficient (Wildman–Crippen LogP) is 4.35. The van der Waals surface area contributed by atoms with Gasteiger partial charge in [-0.15, -0.1) is 0 Å². The van der Waals surface area contributed by atoms with E-state index < -0.39 is 8.24 Å².